The molecule has 1 heterocycles. The van der Waals surface area contributed by atoms with E-state index < -0.39 is 17.7 Å². The summed E-state index contributed by atoms with van der Waals surface area (Å²) in [5, 5.41) is 10.9. The topological polar surface area (TPSA) is 70.1 Å². The molecule has 0 saturated heterocycles. The molecule has 0 bridgehead atoms. The van der Waals surface area contributed by atoms with Crippen LogP contribution in [0.2, 0.25) is 0 Å². The number of ether oxygens (including phenoxy) is 1. The average Bonchev–Trinajstić information content (AvgIpc) is 3.22. The minimum Gasteiger partial charge on any atom is -0.503 e. The van der Waals surface area contributed by atoms with Crippen molar-refractivity contribution in [1.29, 1.82) is 0 Å². The zero-order chi connectivity index (χ0) is 26.9. The van der Waals surface area contributed by atoms with E-state index in [-0.39, 0.29) is 11.4 Å². The second-order valence-corrected chi connectivity index (χ2v) is 9.14. The molecule has 1 N–H and O–H groups in total. The first kappa shape index (κ1) is 26.9. The Balaban J connectivity index is 1.59. The molecule has 38 heavy (non-hydrogen) atoms. The van der Waals surface area contributed by atoms with E-state index in [1.165, 1.54) is 6.08 Å². The van der Waals surface area contributed by atoms with Crippen molar-refractivity contribution < 1.29 is 19.4 Å². The van der Waals surface area contributed by atoms with Gasteiger partial charge in [-0.3, -0.25) is 9.59 Å². The van der Waals surface area contributed by atoms with Crippen LogP contribution in [0.3, 0.4) is 0 Å². The fourth-order valence-electron chi connectivity index (χ4n) is 4.58. The van der Waals surface area contributed by atoms with Gasteiger partial charge in [0.2, 0.25) is 0 Å². The molecule has 0 fully saturated rings. The van der Waals surface area contributed by atoms with E-state index in [1.807, 2.05) is 84.9 Å². The van der Waals surface area contributed by atoms with Crippen molar-refractivity contribution in [2.45, 2.75) is 26.5 Å². The van der Waals surface area contributed by atoms with Crippen molar-refractivity contribution >= 4 is 17.8 Å². The van der Waals surface area contributed by atoms with E-state index in [4.69, 9.17) is 4.74 Å². The number of hydrogen-bond acceptors (Lipinski definition) is 5. The number of nitrogens with zero attached hydrogens (tertiary/aromatic N) is 2. The van der Waals surface area contributed by atoms with Crippen molar-refractivity contribution in [3.05, 3.63) is 119 Å². The number of likely N-dealkylation sites (N-methyl/N-ethyl adjacent to an activating group) is 1. The molecule has 0 aliphatic carbocycles. The summed E-state index contributed by atoms with van der Waals surface area (Å²) in [5.74, 6) is -0.717. The quantitative estimate of drug-likeness (QED) is 0.322. The minimum atomic E-state index is -0.686. The number of allylic oxidation sites excluding steroid dienone is 1. The molecule has 1 amide bonds. The Bertz CT molecular complexity index is 1280. The molecule has 0 spiro atoms. The van der Waals surface area contributed by atoms with Crippen LogP contribution in [-0.4, -0.2) is 52.8 Å². The summed E-state index contributed by atoms with van der Waals surface area (Å²) >= 11 is 0. The molecule has 1 aliphatic heterocycles. The van der Waals surface area contributed by atoms with E-state index in [0.717, 1.165) is 29.8 Å². The van der Waals surface area contributed by atoms with Gasteiger partial charge in [-0.2, -0.15) is 0 Å². The Kier molecular flexibility index (Phi) is 9.11. The fourth-order valence-corrected chi connectivity index (χ4v) is 4.58. The molecule has 1 atom stereocenters. The first-order valence-electron chi connectivity index (χ1n) is 13.0. The van der Waals surface area contributed by atoms with E-state index >= 15 is 0 Å². The van der Waals surface area contributed by atoms with Crippen LogP contribution in [0.15, 0.2) is 102 Å². The van der Waals surface area contributed by atoms with Crippen LogP contribution in [0, 0.1) is 0 Å². The second kappa shape index (κ2) is 12.9. The van der Waals surface area contributed by atoms with Gasteiger partial charge in [0.1, 0.15) is 12.4 Å². The van der Waals surface area contributed by atoms with Crippen molar-refractivity contribution in [3.8, 4) is 5.75 Å². The van der Waals surface area contributed by atoms with Crippen molar-refractivity contribution in [2.75, 3.05) is 26.2 Å². The molecule has 6 heteroatoms. The number of ketones is 1. The normalized spacial score (nSPS) is 15.6. The summed E-state index contributed by atoms with van der Waals surface area (Å²) in [6, 6.07) is 26.1. The third kappa shape index (κ3) is 6.39. The lowest BCUT2D eigenvalue weighted by molar-refractivity contribution is -0.129. The predicted molar refractivity (Wildman–Crippen MR) is 150 cm³/mol. The van der Waals surface area contributed by atoms with E-state index in [0.29, 0.717) is 25.4 Å². The maximum Gasteiger partial charge on any atom is 0.290 e. The smallest absolute Gasteiger partial charge is 0.290 e. The highest BCUT2D eigenvalue weighted by Crippen LogP contribution is 2.38. The summed E-state index contributed by atoms with van der Waals surface area (Å²) in [7, 11) is 0. The van der Waals surface area contributed by atoms with Gasteiger partial charge in [0.15, 0.2) is 11.5 Å². The molecule has 1 unspecified atom stereocenters. The lowest BCUT2D eigenvalue weighted by Crippen LogP contribution is -2.38. The average molecular weight is 511 g/mol. The molecule has 3 aromatic rings. The number of aliphatic hydroxyl groups excluding tert-OH is 1. The van der Waals surface area contributed by atoms with Crippen molar-refractivity contribution in [1.82, 2.24) is 9.80 Å². The summed E-state index contributed by atoms with van der Waals surface area (Å²) in [5.41, 5.74) is 2.76. The van der Waals surface area contributed by atoms with Gasteiger partial charge in [-0.25, -0.2) is 0 Å². The molecular weight excluding hydrogens is 476 g/mol. The Labute approximate surface area is 224 Å². The van der Waals surface area contributed by atoms with Crippen LogP contribution >= 0.6 is 0 Å². The number of carbonyl (C=O) groups excluding carboxylic acids is 2. The van der Waals surface area contributed by atoms with Gasteiger partial charge in [-0.15, -0.1) is 0 Å². The van der Waals surface area contributed by atoms with Gasteiger partial charge in [0, 0.05) is 13.1 Å². The van der Waals surface area contributed by atoms with E-state index in [1.54, 1.807) is 11.0 Å². The first-order valence-corrected chi connectivity index (χ1v) is 13.0. The number of rotatable bonds is 12. The van der Waals surface area contributed by atoms with Crippen LogP contribution in [0.25, 0.3) is 6.08 Å². The van der Waals surface area contributed by atoms with Crippen LogP contribution in [0.4, 0.5) is 0 Å². The number of aliphatic hydroxyl groups is 1. The van der Waals surface area contributed by atoms with Gasteiger partial charge in [-0.1, -0.05) is 92.7 Å². The number of benzene rings is 3. The number of hydrogen-bond donors (Lipinski definition) is 1. The van der Waals surface area contributed by atoms with Crippen molar-refractivity contribution in [3.63, 3.8) is 0 Å². The molecule has 6 nitrogen and oxygen atoms in total. The third-order valence-corrected chi connectivity index (χ3v) is 6.79. The maximum absolute atomic E-state index is 13.4. The third-order valence-electron chi connectivity index (χ3n) is 6.79. The van der Waals surface area contributed by atoms with Crippen LogP contribution < -0.4 is 4.74 Å². The summed E-state index contributed by atoms with van der Waals surface area (Å²) < 4.78 is 5.92. The van der Waals surface area contributed by atoms with Gasteiger partial charge in [0.05, 0.1) is 11.6 Å². The van der Waals surface area contributed by atoms with Crippen molar-refractivity contribution in [2.24, 2.45) is 0 Å². The highest BCUT2D eigenvalue weighted by atomic mass is 16.5. The predicted octanol–water partition coefficient (Wildman–Crippen LogP) is 5.59. The molecule has 3 aromatic carbocycles. The molecule has 1 aliphatic rings. The molecule has 0 aromatic heterocycles. The largest absolute Gasteiger partial charge is 0.503 e. The number of amides is 1. The SMILES string of the molecule is CCN(CC)CCN1C(=O)C(O)=C(C(=O)C=Cc2ccccc2)C1c1ccc(OCc2ccccc2)cc1. The summed E-state index contributed by atoms with van der Waals surface area (Å²) in [6.07, 6.45) is 3.12. The summed E-state index contributed by atoms with van der Waals surface area (Å²) in [4.78, 5) is 30.4. The zero-order valence-electron chi connectivity index (χ0n) is 21.9. The van der Waals surface area contributed by atoms with Gasteiger partial charge >= 0.3 is 0 Å². The monoisotopic (exact) mass is 510 g/mol. The van der Waals surface area contributed by atoms with Crippen LogP contribution in [0.5, 0.6) is 5.75 Å². The lowest BCUT2D eigenvalue weighted by atomic mass is 9.95. The van der Waals surface area contributed by atoms with Crippen LogP contribution in [0.1, 0.15) is 36.6 Å². The van der Waals surface area contributed by atoms with E-state index in [9.17, 15) is 14.7 Å². The lowest BCUT2D eigenvalue weighted by Gasteiger charge is -2.29. The maximum atomic E-state index is 13.4. The molecule has 0 radical (unpaired) electrons. The Hall–Kier alpha value is -4.16. The molecule has 196 valence electrons. The first-order chi connectivity index (χ1) is 18.5. The molecule has 0 saturated carbocycles. The standard InChI is InChI=1S/C32H34N2O4/c1-3-33(4-2)21-22-34-30(26-16-18-27(19-17-26)38-23-25-13-9-6-10-14-25)29(31(36)32(34)37)28(35)20-15-24-11-7-5-8-12-24/h5-20,30,36H,3-4,21-23H2,1-2H3. The highest BCUT2D eigenvalue weighted by molar-refractivity contribution is 6.14. The van der Waals surface area contributed by atoms with Crippen LogP contribution in [-0.2, 0) is 16.2 Å². The van der Waals surface area contributed by atoms with Gasteiger partial charge in [-0.05, 0) is 48.0 Å². The molecular formula is C32H34N2O4. The highest BCUT2D eigenvalue weighted by Gasteiger charge is 2.42. The Morgan fingerprint density at radius 3 is 2.21 bits per heavy atom. The zero-order valence-corrected chi connectivity index (χ0v) is 21.9. The Morgan fingerprint density at radius 1 is 0.947 bits per heavy atom. The summed E-state index contributed by atoms with van der Waals surface area (Å²) in [6.45, 7) is 7.30. The van der Waals surface area contributed by atoms with Gasteiger partial charge < -0.3 is 19.6 Å². The van der Waals surface area contributed by atoms with Gasteiger partial charge in [0.25, 0.3) is 5.91 Å². The second-order valence-electron chi connectivity index (χ2n) is 9.14. The molecule has 4 rings (SSSR count). The fraction of sp³-hybridized carbons (Fsp3) is 0.250. The van der Waals surface area contributed by atoms with E-state index in [2.05, 4.69) is 18.7 Å². The number of carbonyl (C=O) groups is 2. The minimum absolute atomic E-state index is 0.0969. The Morgan fingerprint density at radius 2 is 1.58 bits per heavy atom.